The van der Waals surface area contributed by atoms with Gasteiger partial charge in [0, 0.05) is 80.4 Å². The number of rotatable bonds is 33. The summed E-state index contributed by atoms with van der Waals surface area (Å²) >= 11 is 0. The molecule has 90 heavy (non-hydrogen) atoms. The van der Waals surface area contributed by atoms with E-state index in [4.69, 9.17) is 5.73 Å². The lowest BCUT2D eigenvalue weighted by Gasteiger charge is -2.31. The molecule has 6 rings (SSSR count). The molecule has 0 aliphatic carbocycles. The molecule has 0 radical (unpaired) electrons. The average Bonchev–Trinajstić information content (AvgIpc) is 1.70. The van der Waals surface area contributed by atoms with Gasteiger partial charge in [-0.15, -0.1) is 0 Å². The molecule has 1 fully saturated rings. The quantitative estimate of drug-likeness (QED) is 0.0279. The number of hydrogen-bond donors (Lipinski definition) is 14. The fourth-order valence-corrected chi connectivity index (χ4v) is 10.4. The second kappa shape index (κ2) is 33.4. The standard InChI is InChI=1S/C64H88N14O12/c1-37(2)24-44(33-68-47(25-38(3)4)56(83)72-48(27-40-15-19-45(80)20-16-40)58(85)73-49(28-41-17-21-46(81)22-18-41)60(87)76-53(34-79)55(65)82)71-57(84)51(29-42-31-66-35-69-42)74-59(86)50(26-39-12-9-8-10-13-39)75-61(88)54-14-11-23-78(54)62(89)52(30-43-32-67-36-70-43)77-63(90)64(5,6)7/h8-10,12-13,15-22,31-32,35-38,44,47-54,68,79-81H,11,14,23-30,33-34H2,1-7H3,(H2,65,82)(H,66,69)(H,67,70)(H,71,84)(H,72,83)(H,73,85)(H,74,86)(H,75,88)(H,76,87)(H,77,90)/t44-,47+,48-,49-,50-,51-,52-,53-,54-/m0/s1. The lowest BCUT2D eigenvalue weighted by Crippen LogP contribution is -2.60. The molecule has 1 saturated heterocycles. The summed E-state index contributed by atoms with van der Waals surface area (Å²) in [5.74, 6) is -6.19. The first-order valence-corrected chi connectivity index (χ1v) is 30.4. The number of H-pyrrole nitrogens is 2. The number of aromatic amines is 2. The molecule has 3 aromatic carbocycles. The summed E-state index contributed by atoms with van der Waals surface area (Å²) < 4.78 is 0. The molecule has 486 valence electrons. The fraction of sp³-hybridized carbons (Fsp3) is 0.484. The molecule has 1 aliphatic rings. The van der Waals surface area contributed by atoms with E-state index in [1.165, 1.54) is 60.1 Å². The molecule has 9 amide bonds. The van der Waals surface area contributed by atoms with E-state index in [1.54, 1.807) is 63.4 Å². The number of aliphatic hydroxyl groups is 1. The first kappa shape index (κ1) is 69.9. The predicted molar refractivity (Wildman–Crippen MR) is 333 cm³/mol. The number of aliphatic hydroxyl groups excluding tert-OH is 1. The Bertz CT molecular complexity index is 3160. The van der Waals surface area contributed by atoms with Crippen molar-refractivity contribution in [3.8, 4) is 11.5 Å². The molecule has 3 heterocycles. The van der Waals surface area contributed by atoms with E-state index in [2.05, 4.69) is 62.5 Å². The Morgan fingerprint density at radius 1 is 0.567 bits per heavy atom. The topological polar surface area (TPSA) is 397 Å². The first-order valence-electron chi connectivity index (χ1n) is 30.4. The summed E-state index contributed by atoms with van der Waals surface area (Å²) in [6.45, 7) is 12.3. The number of carbonyl (C=O) groups is 9. The maximum absolute atomic E-state index is 14.8. The summed E-state index contributed by atoms with van der Waals surface area (Å²) in [5.41, 5.74) is 7.42. The van der Waals surface area contributed by atoms with Crippen molar-refractivity contribution in [2.75, 3.05) is 19.7 Å². The molecule has 15 N–H and O–H groups in total. The summed E-state index contributed by atoms with van der Waals surface area (Å²) in [4.78, 5) is 143. The van der Waals surface area contributed by atoms with Gasteiger partial charge in [0.25, 0.3) is 0 Å². The van der Waals surface area contributed by atoms with Gasteiger partial charge in [0.15, 0.2) is 0 Å². The number of hydrogen-bond acceptors (Lipinski definition) is 15. The van der Waals surface area contributed by atoms with Crippen LogP contribution < -0.4 is 48.3 Å². The molecular formula is C64H88N14O12. The van der Waals surface area contributed by atoms with Crippen molar-refractivity contribution < 1.29 is 58.5 Å². The van der Waals surface area contributed by atoms with Gasteiger partial charge in [0.2, 0.25) is 53.2 Å². The molecule has 9 atom stereocenters. The normalized spacial score (nSPS) is 15.9. The number of carbonyl (C=O) groups excluding carboxylic acids is 9. The molecule has 1 aliphatic heterocycles. The number of nitrogens with zero attached hydrogens (tertiary/aromatic N) is 3. The van der Waals surface area contributed by atoms with E-state index in [1.807, 2.05) is 33.8 Å². The second-order valence-corrected chi connectivity index (χ2v) is 24.8. The van der Waals surface area contributed by atoms with Gasteiger partial charge < -0.3 is 78.5 Å². The Morgan fingerprint density at radius 3 is 1.47 bits per heavy atom. The Kier molecular flexibility index (Phi) is 26.0. The Hall–Kier alpha value is -9.17. The van der Waals surface area contributed by atoms with Crippen LogP contribution in [0.25, 0.3) is 0 Å². The molecule has 0 saturated carbocycles. The number of benzene rings is 3. The van der Waals surface area contributed by atoms with Crippen molar-refractivity contribution in [1.82, 2.24) is 67.4 Å². The Balaban J connectivity index is 1.22. The zero-order chi connectivity index (χ0) is 65.7. The van der Waals surface area contributed by atoms with Crippen LogP contribution in [0.2, 0.25) is 0 Å². The fourth-order valence-electron chi connectivity index (χ4n) is 10.4. The number of phenols is 2. The number of aromatic nitrogens is 4. The smallest absolute Gasteiger partial charge is 0.246 e. The first-order chi connectivity index (χ1) is 42.8. The molecule has 5 aromatic rings. The minimum absolute atomic E-state index is 0.00104. The minimum atomic E-state index is -1.49. The van der Waals surface area contributed by atoms with E-state index in [9.17, 15) is 58.5 Å². The highest BCUT2D eigenvalue weighted by Crippen LogP contribution is 2.23. The lowest BCUT2D eigenvalue weighted by molar-refractivity contribution is -0.143. The number of nitrogens with two attached hydrogens (primary N) is 1. The molecule has 26 heteroatoms. The van der Waals surface area contributed by atoms with Crippen LogP contribution >= 0.6 is 0 Å². The van der Waals surface area contributed by atoms with E-state index < -0.39 is 114 Å². The van der Waals surface area contributed by atoms with Crippen LogP contribution in [0.5, 0.6) is 11.5 Å². The van der Waals surface area contributed by atoms with Crippen molar-refractivity contribution in [3.05, 3.63) is 132 Å². The van der Waals surface area contributed by atoms with Gasteiger partial charge in [0.1, 0.15) is 53.8 Å². The van der Waals surface area contributed by atoms with Crippen LogP contribution in [0.4, 0.5) is 0 Å². The van der Waals surface area contributed by atoms with Crippen molar-refractivity contribution in [1.29, 1.82) is 0 Å². The van der Waals surface area contributed by atoms with E-state index >= 15 is 0 Å². The Morgan fingerprint density at radius 2 is 1.01 bits per heavy atom. The summed E-state index contributed by atoms with van der Waals surface area (Å²) in [5, 5.41) is 52.9. The lowest BCUT2D eigenvalue weighted by atomic mass is 9.94. The van der Waals surface area contributed by atoms with Crippen molar-refractivity contribution in [2.24, 2.45) is 23.0 Å². The summed E-state index contributed by atoms with van der Waals surface area (Å²) in [6.07, 6.45) is 7.17. The molecule has 0 bridgehead atoms. The van der Waals surface area contributed by atoms with Gasteiger partial charge in [-0.05, 0) is 78.5 Å². The summed E-state index contributed by atoms with van der Waals surface area (Å²) in [7, 11) is 0. The highest BCUT2D eigenvalue weighted by Gasteiger charge is 2.41. The number of imidazole rings is 2. The Labute approximate surface area is 523 Å². The SMILES string of the molecule is CC(C)C[C@@H](CN[C@H](CC(C)C)C(=O)N[C@@H](Cc1ccc(O)cc1)C(=O)N[C@@H](Cc1ccc(O)cc1)C(=O)N[C@@H](CO)C(N)=O)NC(=O)[C@H](Cc1cnc[nH]1)NC(=O)[C@H](Cc1ccccc1)NC(=O)[C@@H]1CCCN1C(=O)[C@H](Cc1cnc[nH]1)NC(=O)C(C)(C)C. The third-order valence-corrected chi connectivity index (χ3v) is 15.2. The number of amides is 9. The molecule has 0 unspecified atom stereocenters. The van der Waals surface area contributed by atoms with Gasteiger partial charge in [0.05, 0.1) is 25.3 Å². The van der Waals surface area contributed by atoms with Crippen molar-refractivity contribution >= 4 is 53.2 Å². The number of nitrogens with one attached hydrogen (secondary N) is 10. The maximum Gasteiger partial charge on any atom is 0.246 e. The molecule has 26 nitrogen and oxygen atoms in total. The largest absolute Gasteiger partial charge is 0.508 e. The highest BCUT2D eigenvalue weighted by molar-refractivity contribution is 5.97. The third-order valence-electron chi connectivity index (χ3n) is 15.2. The van der Waals surface area contributed by atoms with Gasteiger partial charge in [-0.3, -0.25) is 43.2 Å². The zero-order valence-corrected chi connectivity index (χ0v) is 52.1. The van der Waals surface area contributed by atoms with Crippen LogP contribution in [0.3, 0.4) is 0 Å². The minimum Gasteiger partial charge on any atom is -0.508 e. The zero-order valence-electron chi connectivity index (χ0n) is 52.1. The van der Waals surface area contributed by atoms with Gasteiger partial charge >= 0.3 is 0 Å². The van der Waals surface area contributed by atoms with Crippen molar-refractivity contribution in [3.63, 3.8) is 0 Å². The van der Waals surface area contributed by atoms with Gasteiger partial charge in [-0.2, -0.15) is 0 Å². The van der Waals surface area contributed by atoms with Crippen LogP contribution in [0, 0.1) is 17.3 Å². The second-order valence-electron chi connectivity index (χ2n) is 24.8. The van der Waals surface area contributed by atoms with Crippen LogP contribution in [0.15, 0.2) is 104 Å². The molecule has 2 aromatic heterocycles. The summed E-state index contributed by atoms with van der Waals surface area (Å²) in [6, 6.07) is 10.4. The van der Waals surface area contributed by atoms with Crippen LogP contribution in [0.1, 0.15) is 102 Å². The van der Waals surface area contributed by atoms with Gasteiger partial charge in [-0.1, -0.05) is 103 Å². The highest BCUT2D eigenvalue weighted by atomic mass is 16.3. The third kappa shape index (κ3) is 21.9. The maximum atomic E-state index is 14.8. The number of likely N-dealkylation sites (tertiary alicyclic amines) is 1. The van der Waals surface area contributed by atoms with E-state index in [0.717, 1.165) is 0 Å². The van der Waals surface area contributed by atoms with Gasteiger partial charge in [-0.25, -0.2) is 9.97 Å². The van der Waals surface area contributed by atoms with Crippen molar-refractivity contribution in [2.45, 2.75) is 161 Å². The van der Waals surface area contributed by atoms with Crippen LogP contribution in [-0.4, -0.2) is 167 Å². The van der Waals surface area contributed by atoms with E-state index in [0.29, 0.717) is 40.9 Å². The van der Waals surface area contributed by atoms with E-state index in [-0.39, 0.29) is 87.3 Å². The number of phenolic OH excluding ortho intramolecular Hbond substituents is 2. The monoisotopic (exact) mass is 1240 g/mol. The number of aromatic hydroxyl groups is 2. The number of primary amides is 1. The molecule has 0 spiro atoms. The predicted octanol–water partition coefficient (Wildman–Crippen LogP) is 1.02. The van der Waals surface area contributed by atoms with Crippen LogP contribution in [-0.2, 0) is 75.3 Å². The molecular weight excluding hydrogens is 1160 g/mol. The average molecular weight is 1250 g/mol.